The maximum Gasteiger partial charge on any atom is 0.255 e. The van der Waals surface area contributed by atoms with E-state index in [-0.39, 0.29) is 12.5 Å². The van der Waals surface area contributed by atoms with E-state index in [4.69, 9.17) is 0 Å². The van der Waals surface area contributed by atoms with Crippen molar-refractivity contribution in [2.45, 2.75) is 13.8 Å². The fourth-order valence-electron chi connectivity index (χ4n) is 2.41. The highest BCUT2D eigenvalue weighted by atomic mass is 32.2. The molecule has 0 bridgehead atoms. The van der Waals surface area contributed by atoms with Crippen LogP contribution >= 0.6 is 0 Å². The topological polar surface area (TPSA) is 66.5 Å². The zero-order valence-electron chi connectivity index (χ0n) is 14.6. The molecule has 2 rings (SSSR count). The number of rotatable bonds is 6. The van der Waals surface area contributed by atoms with Crippen LogP contribution in [0.4, 0.5) is 11.4 Å². The Bertz CT molecular complexity index is 887. The van der Waals surface area contributed by atoms with E-state index in [1.54, 1.807) is 24.3 Å². The van der Waals surface area contributed by atoms with E-state index in [1.165, 1.54) is 10.4 Å². The number of nitrogens with zero attached hydrogens (tertiary/aromatic N) is 1. The molecular formula is C19H22N2O3S. The monoisotopic (exact) mass is 358 g/mol. The first-order chi connectivity index (χ1) is 11.7. The van der Waals surface area contributed by atoms with Crippen LogP contribution in [0.1, 0.15) is 21.5 Å². The van der Waals surface area contributed by atoms with Gasteiger partial charge in [-0.3, -0.25) is 9.10 Å². The number of sulfonamides is 1. The summed E-state index contributed by atoms with van der Waals surface area (Å²) in [6, 6.07) is 12.2. The highest BCUT2D eigenvalue weighted by Gasteiger charge is 2.16. The van der Waals surface area contributed by atoms with Gasteiger partial charge in [0, 0.05) is 11.3 Å². The van der Waals surface area contributed by atoms with Crippen molar-refractivity contribution in [3.63, 3.8) is 0 Å². The lowest BCUT2D eigenvalue weighted by Gasteiger charge is -2.20. The molecule has 0 aromatic heterocycles. The lowest BCUT2D eigenvalue weighted by molar-refractivity contribution is 0.102. The second kappa shape index (κ2) is 7.53. The maximum atomic E-state index is 12.4. The molecule has 0 atom stereocenters. The zero-order chi connectivity index (χ0) is 18.6. The molecule has 5 nitrogen and oxygen atoms in total. The number of aryl methyl sites for hydroxylation is 1. The van der Waals surface area contributed by atoms with Gasteiger partial charge in [-0.2, -0.15) is 0 Å². The molecule has 0 heterocycles. The Morgan fingerprint density at radius 1 is 1.16 bits per heavy atom. The lowest BCUT2D eigenvalue weighted by Crippen LogP contribution is -2.29. The quantitative estimate of drug-likeness (QED) is 0.804. The molecule has 0 saturated carbocycles. The first kappa shape index (κ1) is 18.7. The van der Waals surface area contributed by atoms with Crippen LogP contribution in [0.2, 0.25) is 0 Å². The summed E-state index contributed by atoms with van der Waals surface area (Å²) in [5.74, 6) is -0.241. The van der Waals surface area contributed by atoms with Crippen molar-refractivity contribution in [3.05, 3.63) is 71.8 Å². The second-order valence-corrected chi connectivity index (χ2v) is 7.74. The van der Waals surface area contributed by atoms with Crippen molar-refractivity contribution >= 4 is 27.3 Å². The number of hydrogen-bond donors (Lipinski definition) is 1. The van der Waals surface area contributed by atoms with E-state index in [9.17, 15) is 13.2 Å². The van der Waals surface area contributed by atoms with E-state index in [2.05, 4.69) is 11.9 Å². The third kappa shape index (κ3) is 4.48. The normalized spacial score (nSPS) is 11.0. The number of carbonyl (C=O) groups excluding carboxylic acids is 1. The molecule has 0 aliphatic heterocycles. The minimum Gasteiger partial charge on any atom is -0.322 e. The van der Waals surface area contributed by atoms with Gasteiger partial charge in [0.05, 0.1) is 18.5 Å². The second-order valence-electron chi connectivity index (χ2n) is 5.83. The molecule has 0 spiro atoms. The van der Waals surface area contributed by atoms with Crippen LogP contribution in [0.3, 0.4) is 0 Å². The zero-order valence-corrected chi connectivity index (χ0v) is 15.4. The van der Waals surface area contributed by atoms with E-state index in [1.807, 2.05) is 32.0 Å². The van der Waals surface area contributed by atoms with Gasteiger partial charge in [0.1, 0.15) is 0 Å². The molecule has 0 aliphatic rings. The minimum absolute atomic E-state index is 0.173. The fourth-order valence-corrected chi connectivity index (χ4v) is 3.29. The summed E-state index contributed by atoms with van der Waals surface area (Å²) in [7, 11) is -3.41. The van der Waals surface area contributed by atoms with Crippen molar-refractivity contribution in [3.8, 4) is 0 Å². The molecular weight excluding hydrogens is 336 g/mol. The van der Waals surface area contributed by atoms with Gasteiger partial charge < -0.3 is 5.32 Å². The lowest BCUT2D eigenvalue weighted by atomic mass is 10.1. The SMILES string of the molecule is C=CCN(c1ccc(C(=O)Nc2cccc(C)c2C)cc1)S(C)(=O)=O. The van der Waals surface area contributed by atoms with Crippen LogP contribution in [0, 0.1) is 13.8 Å². The summed E-state index contributed by atoms with van der Waals surface area (Å²) in [5.41, 5.74) is 3.82. The molecule has 6 heteroatoms. The molecule has 0 fully saturated rings. The smallest absolute Gasteiger partial charge is 0.255 e. The first-order valence-corrected chi connectivity index (χ1v) is 9.65. The van der Waals surface area contributed by atoms with Gasteiger partial charge in [-0.25, -0.2) is 8.42 Å². The number of hydrogen-bond acceptors (Lipinski definition) is 3. The number of carbonyl (C=O) groups is 1. The van der Waals surface area contributed by atoms with Crippen LogP contribution in [0.25, 0.3) is 0 Å². The predicted molar refractivity (Wildman–Crippen MR) is 103 cm³/mol. The van der Waals surface area contributed by atoms with Crippen LogP contribution in [-0.2, 0) is 10.0 Å². The van der Waals surface area contributed by atoms with E-state index in [0.29, 0.717) is 11.3 Å². The van der Waals surface area contributed by atoms with Crippen molar-refractivity contribution in [1.82, 2.24) is 0 Å². The Morgan fingerprint density at radius 2 is 1.80 bits per heavy atom. The average molecular weight is 358 g/mol. The Morgan fingerprint density at radius 3 is 2.36 bits per heavy atom. The van der Waals surface area contributed by atoms with E-state index in [0.717, 1.165) is 23.1 Å². The number of nitrogens with one attached hydrogen (secondary N) is 1. The molecule has 1 N–H and O–H groups in total. The van der Waals surface area contributed by atoms with Gasteiger partial charge in [-0.05, 0) is 55.3 Å². The summed E-state index contributed by atoms with van der Waals surface area (Å²) in [6.45, 7) is 7.69. The third-order valence-electron chi connectivity index (χ3n) is 3.97. The Labute approximate surface area is 149 Å². The van der Waals surface area contributed by atoms with Gasteiger partial charge >= 0.3 is 0 Å². The molecule has 0 aliphatic carbocycles. The van der Waals surface area contributed by atoms with Crippen molar-refractivity contribution in [2.24, 2.45) is 0 Å². The van der Waals surface area contributed by atoms with Crippen LogP contribution < -0.4 is 9.62 Å². The number of amides is 1. The largest absolute Gasteiger partial charge is 0.322 e. The molecule has 25 heavy (non-hydrogen) atoms. The molecule has 1 amide bonds. The maximum absolute atomic E-state index is 12.4. The van der Waals surface area contributed by atoms with Crippen molar-refractivity contribution in [1.29, 1.82) is 0 Å². The van der Waals surface area contributed by atoms with Crippen molar-refractivity contribution < 1.29 is 13.2 Å². The third-order valence-corrected chi connectivity index (χ3v) is 5.13. The van der Waals surface area contributed by atoms with Crippen LogP contribution in [0.5, 0.6) is 0 Å². The molecule has 0 saturated heterocycles. The summed E-state index contributed by atoms with van der Waals surface area (Å²) < 4.78 is 24.9. The van der Waals surface area contributed by atoms with E-state index < -0.39 is 10.0 Å². The summed E-state index contributed by atoms with van der Waals surface area (Å²) in [6.07, 6.45) is 2.65. The Balaban J connectivity index is 2.23. The number of benzene rings is 2. The van der Waals surface area contributed by atoms with Crippen molar-refractivity contribution in [2.75, 3.05) is 22.4 Å². The molecule has 132 valence electrons. The fraction of sp³-hybridized carbons (Fsp3) is 0.211. The van der Waals surface area contributed by atoms with Gasteiger partial charge in [0.25, 0.3) is 5.91 Å². The van der Waals surface area contributed by atoms with E-state index >= 15 is 0 Å². The Kier molecular flexibility index (Phi) is 5.64. The first-order valence-electron chi connectivity index (χ1n) is 7.80. The Hall–Kier alpha value is -2.60. The van der Waals surface area contributed by atoms with Crippen LogP contribution in [0.15, 0.2) is 55.1 Å². The summed E-state index contributed by atoms with van der Waals surface area (Å²) in [4.78, 5) is 12.4. The standard InChI is InChI=1S/C19H22N2O3S/c1-5-13-21(25(4,23)24)17-11-9-16(10-12-17)19(22)20-18-8-6-7-14(2)15(18)3/h5-12H,1,13H2,2-4H3,(H,20,22). The predicted octanol–water partition coefficient (Wildman–Crippen LogP) is 3.51. The van der Waals surface area contributed by atoms with Gasteiger partial charge in [0.2, 0.25) is 10.0 Å². The molecule has 2 aromatic rings. The minimum atomic E-state index is -3.41. The number of anilines is 2. The van der Waals surface area contributed by atoms with Gasteiger partial charge in [-0.1, -0.05) is 18.2 Å². The van der Waals surface area contributed by atoms with Gasteiger partial charge in [-0.15, -0.1) is 6.58 Å². The molecule has 0 unspecified atom stereocenters. The summed E-state index contributed by atoms with van der Waals surface area (Å²) >= 11 is 0. The molecule has 2 aromatic carbocycles. The average Bonchev–Trinajstić information content (AvgIpc) is 2.56. The summed E-state index contributed by atoms with van der Waals surface area (Å²) in [5, 5.41) is 2.88. The van der Waals surface area contributed by atoms with Gasteiger partial charge in [0.15, 0.2) is 0 Å². The van der Waals surface area contributed by atoms with Crippen LogP contribution in [-0.4, -0.2) is 27.1 Å². The highest BCUT2D eigenvalue weighted by molar-refractivity contribution is 7.92. The molecule has 0 radical (unpaired) electrons. The highest BCUT2D eigenvalue weighted by Crippen LogP contribution is 2.21.